The Kier molecular flexibility index (Phi) is 5.92. The summed E-state index contributed by atoms with van der Waals surface area (Å²) >= 11 is 0. The van der Waals surface area contributed by atoms with E-state index in [9.17, 15) is 9.59 Å². The zero-order valence-electron chi connectivity index (χ0n) is 13.4. The van der Waals surface area contributed by atoms with Crippen LogP contribution in [0.4, 0.5) is 5.69 Å². The molecule has 4 heteroatoms. The average Bonchev–Trinajstić information content (AvgIpc) is 2.55. The van der Waals surface area contributed by atoms with Gasteiger partial charge in [-0.25, -0.2) is 0 Å². The van der Waals surface area contributed by atoms with E-state index >= 15 is 0 Å². The van der Waals surface area contributed by atoms with E-state index in [0.717, 1.165) is 5.56 Å². The largest absolute Gasteiger partial charge is 0.489 e. The summed E-state index contributed by atoms with van der Waals surface area (Å²) in [5.74, 6) is -0.486. The van der Waals surface area contributed by atoms with E-state index in [2.05, 4.69) is 5.32 Å². The molecule has 23 heavy (non-hydrogen) atoms. The van der Waals surface area contributed by atoms with Crippen LogP contribution in [0.1, 0.15) is 25.8 Å². The zero-order chi connectivity index (χ0) is 16.7. The van der Waals surface area contributed by atoms with Crippen molar-refractivity contribution in [2.24, 2.45) is 0 Å². The van der Waals surface area contributed by atoms with Gasteiger partial charge >= 0.3 is 0 Å². The minimum Gasteiger partial charge on any atom is -0.489 e. The SMILES string of the molecule is CC(C)Oc1ccccc1NC(=O)C(=O)CCc1ccccc1. The number of amides is 1. The van der Waals surface area contributed by atoms with E-state index in [1.165, 1.54) is 0 Å². The van der Waals surface area contributed by atoms with Crippen LogP contribution < -0.4 is 10.1 Å². The van der Waals surface area contributed by atoms with E-state index in [4.69, 9.17) is 4.74 Å². The molecule has 0 fully saturated rings. The molecule has 0 atom stereocenters. The second kappa shape index (κ2) is 8.13. The number of nitrogens with one attached hydrogen (secondary N) is 1. The van der Waals surface area contributed by atoms with Crippen molar-refractivity contribution in [1.82, 2.24) is 0 Å². The Morgan fingerprint density at radius 1 is 1.00 bits per heavy atom. The fraction of sp³-hybridized carbons (Fsp3) is 0.263. The topological polar surface area (TPSA) is 55.4 Å². The van der Waals surface area contributed by atoms with E-state index < -0.39 is 11.7 Å². The highest BCUT2D eigenvalue weighted by Gasteiger charge is 2.16. The molecule has 120 valence electrons. The number of aryl methyl sites for hydroxylation is 1. The molecule has 0 aromatic heterocycles. The first-order valence-corrected chi connectivity index (χ1v) is 7.70. The van der Waals surface area contributed by atoms with Crippen molar-refractivity contribution in [3.8, 4) is 5.75 Å². The van der Waals surface area contributed by atoms with Crippen molar-refractivity contribution >= 4 is 17.4 Å². The van der Waals surface area contributed by atoms with Crippen LogP contribution in [-0.4, -0.2) is 17.8 Å². The van der Waals surface area contributed by atoms with Crippen molar-refractivity contribution in [3.63, 3.8) is 0 Å². The summed E-state index contributed by atoms with van der Waals surface area (Å²) in [6.07, 6.45) is 0.724. The lowest BCUT2D eigenvalue weighted by molar-refractivity contribution is -0.134. The number of para-hydroxylation sites is 2. The fourth-order valence-corrected chi connectivity index (χ4v) is 2.13. The normalized spacial score (nSPS) is 10.4. The Labute approximate surface area is 136 Å². The summed E-state index contributed by atoms with van der Waals surface area (Å²) in [5.41, 5.74) is 1.55. The molecule has 1 N–H and O–H groups in total. The number of hydrogen-bond donors (Lipinski definition) is 1. The molecule has 0 aliphatic carbocycles. The maximum atomic E-state index is 12.1. The average molecular weight is 311 g/mol. The van der Waals surface area contributed by atoms with Gasteiger partial charge in [-0.05, 0) is 38.0 Å². The maximum Gasteiger partial charge on any atom is 0.291 e. The van der Waals surface area contributed by atoms with Gasteiger partial charge < -0.3 is 10.1 Å². The van der Waals surface area contributed by atoms with Crippen LogP contribution in [-0.2, 0) is 16.0 Å². The molecule has 0 bridgehead atoms. The number of ether oxygens (including phenoxy) is 1. The number of anilines is 1. The summed E-state index contributed by atoms with van der Waals surface area (Å²) in [7, 11) is 0. The number of rotatable bonds is 7. The van der Waals surface area contributed by atoms with Gasteiger partial charge in [0.15, 0.2) is 0 Å². The second-order valence-electron chi connectivity index (χ2n) is 5.53. The summed E-state index contributed by atoms with van der Waals surface area (Å²) in [6.45, 7) is 3.81. The monoisotopic (exact) mass is 311 g/mol. The molecule has 4 nitrogen and oxygen atoms in total. The number of carbonyl (C=O) groups excluding carboxylic acids is 2. The lowest BCUT2D eigenvalue weighted by Gasteiger charge is -2.14. The molecule has 0 saturated heterocycles. The van der Waals surface area contributed by atoms with Gasteiger partial charge in [0.2, 0.25) is 5.78 Å². The van der Waals surface area contributed by atoms with Crippen LogP contribution in [0.25, 0.3) is 0 Å². The fourth-order valence-electron chi connectivity index (χ4n) is 2.13. The summed E-state index contributed by atoms with van der Waals surface area (Å²) in [4.78, 5) is 24.1. The van der Waals surface area contributed by atoms with Crippen molar-refractivity contribution in [3.05, 3.63) is 60.2 Å². The van der Waals surface area contributed by atoms with Crippen molar-refractivity contribution in [2.75, 3.05) is 5.32 Å². The van der Waals surface area contributed by atoms with Crippen LogP contribution in [0.2, 0.25) is 0 Å². The molecule has 0 saturated carbocycles. The van der Waals surface area contributed by atoms with E-state index in [1.54, 1.807) is 18.2 Å². The van der Waals surface area contributed by atoms with Crippen molar-refractivity contribution in [1.29, 1.82) is 0 Å². The summed E-state index contributed by atoms with van der Waals surface area (Å²) in [6, 6.07) is 16.7. The van der Waals surface area contributed by atoms with Crippen LogP contribution in [0.15, 0.2) is 54.6 Å². The van der Waals surface area contributed by atoms with E-state index in [1.807, 2.05) is 50.2 Å². The van der Waals surface area contributed by atoms with Gasteiger partial charge in [0.1, 0.15) is 5.75 Å². The minimum absolute atomic E-state index is 0.0122. The van der Waals surface area contributed by atoms with Crippen molar-refractivity contribution in [2.45, 2.75) is 32.8 Å². The van der Waals surface area contributed by atoms with Crippen molar-refractivity contribution < 1.29 is 14.3 Å². The van der Waals surface area contributed by atoms with Crippen LogP contribution in [0, 0.1) is 0 Å². The molecule has 2 rings (SSSR count). The van der Waals surface area contributed by atoms with Gasteiger partial charge in [-0.15, -0.1) is 0 Å². The molecule has 0 radical (unpaired) electrons. The first-order chi connectivity index (χ1) is 11.1. The number of ketones is 1. The predicted octanol–water partition coefficient (Wildman–Crippen LogP) is 3.61. The Bertz CT molecular complexity index is 665. The van der Waals surface area contributed by atoms with Gasteiger partial charge in [-0.3, -0.25) is 9.59 Å². The molecule has 0 spiro atoms. The maximum absolute atomic E-state index is 12.1. The van der Waals surface area contributed by atoms with E-state index in [0.29, 0.717) is 17.9 Å². The standard InChI is InChI=1S/C19H21NO3/c1-14(2)23-18-11-7-6-10-16(18)20-19(22)17(21)13-12-15-8-4-3-5-9-15/h3-11,14H,12-13H2,1-2H3,(H,20,22). The molecule has 0 heterocycles. The number of hydrogen-bond acceptors (Lipinski definition) is 3. The van der Waals surface area contributed by atoms with Gasteiger partial charge in [-0.1, -0.05) is 42.5 Å². The highest BCUT2D eigenvalue weighted by Crippen LogP contribution is 2.24. The second-order valence-corrected chi connectivity index (χ2v) is 5.53. The van der Waals surface area contributed by atoms with E-state index in [-0.39, 0.29) is 12.5 Å². The molecule has 0 unspecified atom stereocenters. The molecule has 2 aromatic carbocycles. The third kappa shape index (κ3) is 5.25. The van der Waals surface area contributed by atoms with Gasteiger partial charge in [0.05, 0.1) is 11.8 Å². The van der Waals surface area contributed by atoms with Crippen LogP contribution >= 0.6 is 0 Å². The molecule has 0 aliphatic rings. The van der Waals surface area contributed by atoms with Crippen LogP contribution in [0.5, 0.6) is 5.75 Å². The molecule has 0 aliphatic heterocycles. The molecule has 1 amide bonds. The third-order valence-electron chi connectivity index (χ3n) is 3.23. The third-order valence-corrected chi connectivity index (χ3v) is 3.23. The minimum atomic E-state index is -0.610. The Morgan fingerprint density at radius 3 is 2.35 bits per heavy atom. The zero-order valence-corrected chi connectivity index (χ0v) is 13.4. The Hall–Kier alpha value is -2.62. The summed E-state index contributed by atoms with van der Waals surface area (Å²) in [5, 5.41) is 2.64. The molecule has 2 aromatic rings. The Balaban J connectivity index is 1.95. The number of benzene rings is 2. The highest BCUT2D eigenvalue weighted by atomic mass is 16.5. The highest BCUT2D eigenvalue weighted by molar-refractivity contribution is 6.40. The van der Waals surface area contributed by atoms with Gasteiger partial charge in [0, 0.05) is 6.42 Å². The van der Waals surface area contributed by atoms with Gasteiger partial charge in [-0.2, -0.15) is 0 Å². The molecular weight excluding hydrogens is 290 g/mol. The first kappa shape index (κ1) is 16.7. The summed E-state index contributed by atoms with van der Waals surface area (Å²) < 4.78 is 5.63. The lowest BCUT2D eigenvalue weighted by atomic mass is 10.1. The first-order valence-electron chi connectivity index (χ1n) is 7.70. The smallest absolute Gasteiger partial charge is 0.291 e. The lowest BCUT2D eigenvalue weighted by Crippen LogP contribution is -2.23. The Morgan fingerprint density at radius 2 is 1.65 bits per heavy atom. The van der Waals surface area contributed by atoms with Crippen LogP contribution in [0.3, 0.4) is 0 Å². The molecular formula is C19H21NO3. The van der Waals surface area contributed by atoms with Gasteiger partial charge in [0.25, 0.3) is 5.91 Å². The quantitative estimate of drug-likeness (QED) is 0.795. The predicted molar refractivity (Wildman–Crippen MR) is 90.6 cm³/mol. The number of Topliss-reactive ketones (excluding diaryl/α,β-unsaturated/α-hetero) is 1. The number of carbonyl (C=O) groups is 2.